The molecule has 146 valence electrons. The molecule has 0 spiro atoms. The molecule has 6 nitrogen and oxygen atoms in total. The molecule has 0 radical (unpaired) electrons. The molecule has 0 aliphatic heterocycles. The lowest BCUT2D eigenvalue weighted by molar-refractivity contribution is 0.0946. The zero-order chi connectivity index (χ0) is 20.2. The third-order valence-electron chi connectivity index (χ3n) is 4.89. The number of aromatic amines is 1. The van der Waals surface area contributed by atoms with Crippen molar-refractivity contribution < 1.29 is 9.53 Å². The standard InChI is InChI=1S/C23H22N4O2/c1-15-20(16(2)26-14-25-15)12-24-23(28)22-10-18-8-9-19(11-21(18)27-22)29-13-17-6-4-3-5-7-17/h3-11,14,27H,12-13H2,1-2H3,(H,24,28). The van der Waals surface area contributed by atoms with Gasteiger partial charge in [-0.1, -0.05) is 30.3 Å². The van der Waals surface area contributed by atoms with Gasteiger partial charge in [0.1, 0.15) is 24.4 Å². The molecule has 4 rings (SSSR count). The fraction of sp³-hybridized carbons (Fsp3) is 0.174. The Morgan fingerprint density at radius 3 is 2.55 bits per heavy atom. The van der Waals surface area contributed by atoms with Crippen molar-refractivity contribution in [3.8, 4) is 5.75 Å². The van der Waals surface area contributed by atoms with Crippen LogP contribution in [0.15, 0.2) is 60.9 Å². The molecule has 6 heteroatoms. The molecule has 2 heterocycles. The Morgan fingerprint density at radius 1 is 1.03 bits per heavy atom. The SMILES string of the molecule is Cc1ncnc(C)c1CNC(=O)c1cc2ccc(OCc3ccccc3)cc2[nH]1. The fourth-order valence-electron chi connectivity index (χ4n) is 3.20. The van der Waals surface area contributed by atoms with Crippen LogP contribution < -0.4 is 10.1 Å². The molecule has 4 aromatic rings. The minimum Gasteiger partial charge on any atom is -0.489 e. The number of nitrogens with zero attached hydrogens (tertiary/aromatic N) is 2. The van der Waals surface area contributed by atoms with Crippen LogP contribution in [0.1, 0.15) is 33.0 Å². The van der Waals surface area contributed by atoms with Gasteiger partial charge in [-0.05, 0) is 37.6 Å². The van der Waals surface area contributed by atoms with E-state index in [2.05, 4.69) is 20.3 Å². The number of hydrogen-bond acceptors (Lipinski definition) is 4. The highest BCUT2D eigenvalue weighted by atomic mass is 16.5. The summed E-state index contributed by atoms with van der Waals surface area (Å²) in [5, 5.41) is 3.89. The summed E-state index contributed by atoms with van der Waals surface area (Å²) >= 11 is 0. The summed E-state index contributed by atoms with van der Waals surface area (Å²) in [5.41, 5.74) is 5.15. The number of nitrogens with one attached hydrogen (secondary N) is 2. The van der Waals surface area contributed by atoms with Gasteiger partial charge in [0.15, 0.2) is 0 Å². The molecule has 0 saturated heterocycles. The predicted molar refractivity (Wildman–Crippen MR) is 112 cm³/mol. The number of aryl methyl sites for hydroxylation is 2. The highest BCUT2D eigenvalue weighted by Crippen LogP contribution is 2.22. The average Bonchev–Trinajstić information content (AvgIpc) is 3.16. The fourth-order valence-corrected chi connectivity index (χ4v) is 3.20. The summed E-state index contributed by atoms with van der Waals surface area (Å²) in [7, 11) is 0. The minimum absolute atomic E-state index is 0.171. The average molecular weight is 386 g/mol. The van der Waals surface area contributed by atoms with Gasteiger partial charge in [-0.15, -0.1) is 0 Å². The van der Waals surface area contributed by atoms with Gasteiger partial charge >= 0.3 is 0 Å². The van der Waals surface area contributed by atoms with Gasteiger partial charge in [0.2, 0.25) is 0 Å². The van der Waals surface area contributed by atoms with Gasteiger partial charge in [0.05, 0.1) is 0 Å². The Labute approximate surface area is 169 Å². The second-order valence-electron chi connectivity index (χ2n) is 6.91. The van der Waals surface area contributed by atoms with E-state index in [1.165, 1.54) is 6.33 Å². The van der Waals surface area contributed by atoms with Crippen LogP contribution >= 0.6 is 0 Å². The zero-order valence-corrected chi connectivity index (χ0v) is 16.4. The molecule has 1 amide bonds. The molecule has 0 bridgehead atoms. The van der Waals surface area contributed by atoms with Crippen molar-refractivity contribution in [3.05, 3.63) is 89.1 Å². The van der Waals surface area contributed by atoms with Crippen molar-refractivity contribution >= 4 is 16.8 Å². The number of benzene rings is 2. The lowest BCUT2D eigenvalue weighted by Crippen LogP contribution is -2.24. The number of ether oxygens (including phenoxy) is 1. The van der Waals surface area contributed by atoms with Crippen molar-refractivity contribution in [2.75, 3.05) is 0 Å². The van der Waals surface area contributed by atoms with Crippen molar-refractivity contribution in [1.29, 1.82) is 0 Å². The maximum absolute atomic E-state index is 12.6. The molecule has 0 fully saturated rings. The quantitative estimate of drug-likeness (QED) is 0.523. The van der Waals surface area contributed by atoms with E-state index in [1.54, 1.807) is 0 Å². The van der Waals surface area contributed by atoms with E-state index < -0.39 is 0 Å². The number of fused-ring (bicyclic) bond motifs is 1. The normalized spacial score (nSPS) is 10.8. The molecule has 2 aromatic heterocycles. The first-order valence-electron chi connectivity index (χ1n) is 9.45. The van der Waals surface area contributed by atoms with Crippen LogP contribution in [0, 0.1) is 13.8 Å². The van der Waals surface area contributed by atoms with Gasteiger partial charge in [-0.3, -0.25) is 4.79 Å². The summed E-state index contributed by atoms with van der Waals surface area (Å²) in [4.78, 5) is 24.1. The third-order valence-corrected chi connectivity index (χ3v) is 4.89. The molecule has 0 aliphatic carbocycles. The number of rotatable bonds is 6. The van der Waals surface area contributed by atoms with Gasteiger partial charge in [-0.2, -0.15) is 0 Å². The monoisotopic (exact) mass is 386 g/mol. The van der Waals surface area contributed by atoms with Crippen molar-refractivity contribution in [1.82, 2.24) is 20.3 Å². The summed E-state index contributed by atoms with van der Waals surface area (Å²) in [5.74, 6) is 0.582. The number of hydrogen-bond donors (Lipinski definition) is 2. The minimum atomic E-state index is -0.171. The highest BCUT2D eigenvalue weighted by Gasteiger charge is 2.12. The first kappa shape index (κ1) is 18.7. The molecule has 29 heavy (non-hydrogen) atoms. The molecule has 0 aliphatic rings. The van der Waals surface area contributed by atoms with E-state index in [-0.39, 0.29) is 5.91 Å². The van der Waals surface area contributed by atoms with Crippen LogP contribution in [-0.4, -0.2) is 20.9 Å². The van der Waals surface area contributed by atoms with Crippen LogP contribution in [-0.2, 0) is 13.2 Å². The first-order valence-corrected chi connectivity index (χ1v) is 9.45. The number of aromatic nitrogens is 3. The van der Waals surface area contributed by atoms with E-state index >= 15 is 0 Å². The Balaban J connectivity index is 1.45. The topological polar surface area (TPSA) is 79.9 Å². The predicted octanol–water partition coefficient (Wildman–Crippen LogP) is 4.08. The van der Waals surface area contributed by atoms with Crippen molar-refractivity contribution in [2.24, 2.45) is 0 Å². The van der Waals surface area contributed by atoms with E-state index in [4.69, 9.17) is 4.74 Å². The summed E-state index contributed by atoms with van der Waals surface area (Å²) in [6.45, 7) is 4.71. The number of H-pyrrole nitrogens is 1. The molecule has 0 atom stereocenters. The molecule has 2 aromatic carbocycles. The van der Waals surface area contributed by atoms with Gasteiger partial charge in [0.25, 0.3) is 5.91 Å². The van der Waals surface area contributed by atoms with Crippen LogP contribution in [0.25, 0.3) is 10.9 Å². The van der Waals surface area contributed by atoms with Crippen molar-refractivity contribution in [2.45, 2.75) is 27.0 Å². The van der Waals surface area contributed by atoms with E-state index in [0.717, 1.165) is 39.2 Å². The zero-order valence-electron chi connectivity index (χ0n) is 16.4. The van der Waals surface area contributed by atoms with E-state index in [9.17, 15) is 4.79 Å². The van der Waals surface area contributed by atoms with Crippen molar-refractivity contribution in [3.63, 3.8) is 0 Å². The molecular weight excluding hydrogens is 364 g/mol. The van der Waals surface area contributed by atoms with Gasteiger partial charge in [-0.25, -0.2) is 9.97 Å². The van der Waals surface area contributed by atoms with Crippen LogP contribution in [0.2, 0.25) is 0 Å². The highest BCUT2D eigenvalue weighted by molar-refractivity contribution is 5.98. The summed E-state index contributed by atoms with van der Waals surface area (Å²) in [6.07, 6.45) is 1.53. The Morgan fingerprint density at radius 2 is 1.79 bits per heavy atom. The van der Waals surface area contributed by atoms with Crippen LogP contribution in [0.4, 0.5) is 0 Å². The smallest absolute Gasteiger partial charge is 0.267 e. The Bertz CT molecular complexity index is 1130. The second kappa shape index (κ2) is 8.14. The molecule has 0 saturated carbocycles. The molecular formula is C23H22N4O2. The van der Waals surface area contributed by atoms with Crippen LogP contribution in [0.3, 0.4) is 0 Å². The largest absolute Gasteiger partial charge is 0.489 e. The number of amides is 1. The molecule has 2 N–H and O–H groups in total. The maximum atomic E-state index is 12.6. The Kier molecular flexibility index (Phi) is 5.24. The van der Waals surface area contributed by atoms with Gasteiger partial charge in [0, 0.05) is 40.5 Å². The summed E-state index contributed by atoms with van der Waals surface area (Å²) in [6, 6.07) is 17.6. The Hall–Kier alpha value is -3.67. The van der Waals surface area contributed by atoms with Crippen LogP contribution in [0.5, 0.6) is 5.75 Å². The first-order chi connectivity index (χ1) is 14.1. The second-order valence-corrected chi connectivity index (χ2v) is 6.91. The summed E-state index contributed by atoms with van der Waals surface area (Å²) < 4.78 is 5.87. The van der Waals surface area contributed by atoms with Gasteiger partial charge < -0.3 is 15.0 Å². The van der Waals surface area contributed by atoms with E-state index in [1.807, 2.05) is 68.4 Å². The number of carbonyl (C=O) groups excluding carboxylic acids is 1. The number of carbonyl (C=O) groups is 1. The van der Waals surface area contributed by atoms with E-state index in [0.29, 0.717) is 18.8 Å². The third kappa shape index (κ3) is 4.27. The lowest BCUT2D eigenvalue weighted by atomic mass is 10.1. The lowest BCUT2D eigenvalue weighted by Gasteiger charge is -2.08. The maximum Gasteiger partial charge on any atom is 0.267 e. The molecule has 0 unspecified atom stereocenters.